The summed E-state index contributed by atoms with van der Waals surface area (Å²) in [5.74, 6) is 0. The molecule has 0 aliphatic rings. The molecule has 0 spiro atoms. The van der Waals surface area contributed by atoms with Crippen molar-refractivity contribution in [2.75, 3.05) is 19.0 Å². The Bertz CT molecular complexity index is 38.7. The van der Waals surface area contributed by atoms with E-state index in [0.29, 0.717) is 0 Å². The lowest BCUT2D eigenvalue weighted by Crippen LogP contribution is -2.06. The van der Waals surface area contributed by atoms with Gasteiger partial charge in [-0.1, -0.05) is 22.6 Å². The number of hydrogen-bond acceptors (Lipinski definition) is 1. The Morgan fingerprint density at radius 3 is 1.57 bits per heavy atom. The molecule has 0 unspecified atom stereocenters. The van der Waals surface area contributed by atoms with Crippen molar-refractivity contribution in [3.05, 3.63) is 0 Å². The van der Waals surface area contributed by atoms with Crippen LogP contribution in [0.25, 0.3) is 0 Å². The summed E-state index contributed by atoms with van der Waals surface area (Å²) in [5, 5.41) is 0. The van der Waals surface area contributed by atoms with Gasteiger partial charge in [0.25, 0.3) is 0 Å². The van der Waals surface area contributed by atoms with Crippen LogP contribution >= 0.6 is 22.6 Å². The van der Waals surface area contributed by atoms with Crippen LogP contribution in [0.5, 0.6) is 0 Å². The first-order valence-corrected chi connectivity index (χ1v) is 3.92. The highest BCUT2D eigenvalue weighted by Crippen LogP contribution is 1.52. The van der Waals surface area contributed by atoms with E-state index in [1.807, 2.05) is 4.93 Å². The number of hydrogen-bond donors (Lipinski definition) is 0. The molecule has 0 bridgehead atoms. The molecule has 0 aromatic carbocycles. The van der Waals surface area contributed by atoms with Crippen LogP contribution in [-0.2, 0) is 4.79 Å². The van der Waals surface area contributed by atoms with Crippen molar-refractivity contribution in [1.82, 2.24) is 4.90 Å². The topological polar surface area (TPSA) is 20.3 Å². The zero-order chi connectivity index (χ0) is 6.28. The van der Waals surface area contributed by atoms with Gasteiger partial charge in [-0.15, -0.1) is 0 Å². The van der Waals surface area contributed by atoms with Gasteiger partial charge in [0.1, 0.15) is 0 Å². The van der Waals surface area contributed by atoms with Crippen LogP contribution in [-0.4, -0.2) is 30.3 Å². The van der Waals surface area contributed by atoms with E-state index in [1.54, 1.807) is 14.1 Å². The SMILES string of the molecule is CI.CN(C)C=O. The van der Waals surface area contributed by atoms with Crippen LogP contribution < -0.4 is 0 Å². The molecule has 0 atom stereocenters. The third-order valence-electron chi connectivity index (χ3n) is 0.211. The maximum absolute atomic E-state index is 9.43. The molecular weight excluding hydrogens is 205 g/mol. The second-order valence-electron chi connectivity index (χ2n) is 1.07. The molecule has 0 N–H and O–H groups in total. The van der Waals surface area contributed by atoms with Crippen molar-refractivity contribution in [2.24, 2.45) is 0 Å². The zero-order valence-corrected chi connectivity index (χ0v) is 6.97. The number of carbonyl (C=O) groups excluding carboxylic acids is 1. The normalized spacial score (nSPS) is 5.71. The summed E-state index contributed by atoms with van der Waals surface area (Å²) in [6, 6.07) is 0. The highest BCUT2D eigenvalue weighted by Gasteiger charge is 1.68. The number of alkyl halides is 1. The van der Waals surface area contributed by atoms with E-state index in [0.717, 1.165) is 6.41 Å². The molecule has 0 aromatic rings. The molecule has 0 rings (SSSR count). The quantitative estimate of drug-likeness (QED) is 0.359. The van der Waals surface area contributed by atoms with Gasteiger partial charge >= 0.3 is 0 Å². The van der Waals surface area contributed by atoms with Crippen LogP contribution in [0.15, 0.2) is 0 Å². The standard InChI is InChI=1S/C3H7NO.CH3I/c1-4(2)3-5;1-2/h3H,1-2H3;1H3. The molecule has 7 heavy (non-hydrogen) atoms. The lowest BCUT2D eigenvalue weighted by molar-refractivity contribution is -0.115. The largest absolute Gasteiger partial charge is 0.351 e. The number of nitrogens with zero attached hydrogens (tertiary/aromatic N) is 1. The van der Waals surface area contributed by atoms with Crippen LogP contribution in [0.3, 0.4) is 0 Å². The summed E-state index contributed by atoms with van der Waals surface area (Å²) in [4.78, 5) is 12.8. The fourth-order valence-corrected chi connectivity index (χ4v) is 0. The van der Waals surface area contributed by atoms with Crippen molar-refractivity contribution in [2.45, 2.75) is 0 Å². The van der Waals surface area contributed by atoms with E-state index in [4.69, 9.17) is 0 Å². The number of amides is 1. The van der Waals surface area contributed by atoms with Gasteiger partial charge in [0, 0.05) is 14.1 Å². The summed E-state index contributed by atoms with van der Waals surface area (Å²) >= 11 is 2.15. The molecule has 1 amide bonds. The van der Waals surface area contributed by atoms with Gasteiger partial charge < -0.3 is 4.90 Å². The van der Waals surface area contributed by atoms with Crippen molar-refractivity contribution in [1.29, 1.82) is 0 Å². The molecular formula is C4H10INO. The Hall–Kier alpha value is 0.200. The van der Waals surface area contributed by atoms with E-state index in [1.165, 1.54) is 4.90 Å². The van der Waals surface area contributed by atoms with Crippen molar-refractivity contribution in [3.63, 3.8) is 0 Å². The summed E-state index contributed by atoms with van der Waals surface area (Å²) in [5.41, 5.74) is 0. The first-order chi connectivity index (χ1) is 3.27. The Balaban J connectivity index is 0. The zero-order valence-electron chi connectivity index (χ0n) is 4.81. The lowest BCUT2D eigenvalue weighted by Gasteiger charge is -1.93. The summed E-state index contributed by atoms with van der Waals surface area (Å²) in [6.07, 6.45) is 0.750. The number of halogens is 1. The third-order valence-corrected chi connectivity index (χ3v) is 0.211. The smallest absolute Gasteiger partial charge is 0.209 e. The highest BCUT2D eigenvalue weighted by atomic mass is 127. The second kappa shape index (κ2) is 9.50. The maximum atomic E-state index is 9.43. The van der Waals surface area contributed by atoms with Crippen LogP contribution in [0.2, 0.25) is 0 Å². The predicted molar refractivity (Wildman–Crippen MR) is 39.7 cm³/mol. The Labute approximate surface area is 58.0 Å². The minimum atomic E-state index is 0.750. The van der Waals surface area contributed by atoms with Gasteiger partial charge in [0.2, 0.25) is 6.41 Å². The molecule has 0 heterocycles. The predicted octanol–water partition coefficient (Wildman–Crippen LogP) is 0.756. The molecule has 0 aliphatic carbocycles. The van der Waals surface area contributed by atoms with Gasteiger partial charge in [-0.3, -0.25) is 4.79 Å². The molecule has 0 fully saturated rings. The average Bonchev–Trinajstić information content (AvgIpc) is 1.73. The molecule has 2 nitrogen and oxygen atoms in total. The van der Waals surface area contributed by atoms with E-state index < -0.39 is 0 Å². The Kier molecular flexibility index (Phi) is 13.9. The molecule has 0 saturated heterocycles. The summed E-state index contributed by atoms with van der Waals surface area (Å²) in [6.45, 7) is 0. The maximum Gasteiger partial charge on any atom is 0.209 e. The average molecular weight is 215 g/mol. The molecule has 44 valence electrons. The minimum Gasteiger partial charge on any atom is -0.351 e. The van der Waals surface area contributed by atoms with Crippen LogP contribution in [0, 0.1) is 0 Å². The van der Waals surface area contributed by atoms with Gasteiger partial charge in [0.05, 0.1) is 0 Å². The van der Waals surface area contributed by atoms with Gasteiger partial charge in [-0.25, -0.2) is 0 Å². The highest BCUT2D eigenvalue weighted by molar-refractivity contribution is 14.1. The number of carbonyl (C=O) groups is 1. The van der Waals surface area contributed by atoms with Gasteiger partial charge in [-0.2, -0.15) is 0 Å². The monoisotopic (exact) mass is 215 g/mol. The Morgan fingerprint density at radius 1 is 1.43 bits per heavy atom. The van der Waals surface area contributed by atoms with E-state index in [2.05, 4.69) is 22.6 Å². The molecule has 0 radical (unpaired) electrons. The minimum absolute atomic E-state index is 0.750. The van der Waals surface area contributed by atoms with Crippen LogP contribution in [0.4, 0.5) is 0 Å². The molecule has 0 aromatic heterocycles. The Morgan fingerprint density at radius 2 is 1.57 bits per heavy atom. The fourth-order valence-electron chi connectivity index (χ4n) is 0. The van der Waals surface area contributed by atoms with E-state index in [-0.39, 0.29) is 0 Å². The van der Waals surface area contributed by atoms with Gasteiger partial charge in [-0.05, 0) is 4.93 Å². The molecule has 0 saturated carbocycles. The van der Waals surface area contributed by atoms with Crippen LogP contribution in [0.1, 0.15) is 0 Å². The van der Waals surface area contributed by atoms with E-state index >= 15 is 0 Å². The second-order valence-corrected chi connectivity index (χ2v) is 1.07. The number of rotatable bonds is 1. The lowest BCUT2D eigenvalue weighted by atomic mass is 11.0. The third kappa shape index (κ3) is 22.6. The molecule has 3 heteroatoms. The van der Waals surface area contributed by atoms with Crippen molar-refractivity contribution < 1.29 is 4.79 Å². The van der Waals surface area contributed by atoms with Crippen molar-refractivity contribution in [3.8, 4) is 0 Å². The van der Waals surface area contributed by atoms with E-state index in [9.17, 15) is 4.79 Å². The summed E-state index contributed by atoms with van der Waals surface area (Å²) < 4.78 is 0. The van der Waals surface area contributed by atoms with Crippen molar-refractivity contribution >= 4 is 29.0 Å². The molecule has 0 aliphatic heterocycles. The van der Waals surface area contributed by atoms with Gasteiger partial charge in [0.15, 0.2) is 0 Å². The fraction of sp³-hybridized carbons (Fsp3) is 0.750. The first kappa shape index (κ1) is 10.2. The summed E-state index contributed by atoms with van der Waals surface area (Å²) in [7, 11) is 3.38. The first-order valence-electron chi connectivity index (χ1n) is 1.77.